The molecule has 2 aromatic rings. The number of alkyl halides is 3. The minimum atomic E-state index is -4.51. The predicted octanol–water partition coefficient (Wildman–Crippen LogP) is 4.60. The van der Waals surface area contributed by atoms with Crippen LogP contribution in [0.5, 0.6) is 0 Å². The van der Waals surface area contributed by atoms with E-state index in [9.17, 15) is 18.0 Å². The van der Waals surface area contributed by atoms with Gasteiger partial charge in [0.05, 0.1) is 16.6 Å². The Morgan fingerprint density at radius 2 is 2.04 bits per heavy atom. The zero-order chi connectivity index (χ0) is 19.6. The molecule has 1 aliphatic heterocycles. The third-order valence-electron chi connectivity index (χ3n) is 4.63. The van der Waals surface area contributed by atoms with Crippen LogP contribution >= 0.6 is 11.6 Å². The molecule has 0 bridgehead atoms. The Kier molecular flexibility index (Phi) is 5.60. The second kappa shape index (κ2) is 7.76. The van der Waals surface area contributed by atoms with Gasteiger partial charge in [-0.05, 0) is 31.4 Å². The highest BCUT2D eigenvalue weighted by atomic mass is 35.5. The van der Waals surface area contributed by atoms with Gasteiger partial charge in [-0.1, -0.05) is 41.9 Å². The summed E-state index contributed by atoms with van der Waals surface area (Å²) in [7, 11) is 0. The van der Waals surface area contributed by atoms with E-state index in [2.05, 4.69) is 10.3 Å². The molecule has 0 radical (unpaired) electrons. The zero-order valence-corrected chi connectivity index (χ0v) is 15.4. The molecule has 144 valence electrons. The number of halogens is 4. The fourth-order valence-electron chi connectivity index (χ4n) is 3.22. The third kappa shape index (κ3) is 4.35. The molecule has 1 aliphatic rings. The number of carbonyl (C=O) groups is 1. The fraction of sp³-hybridized carbons (Fsp3) is 0.368. The van der Waals surface area contributed by atoms with Crippen LogP contribution in [0.2, 0.25) is 5.02 Å². The summed E-state index contributed by atoms with van der Waals surface area (Å²) in [6.07, 6.45) is -2.44. The summed E-state index contributed by atoms with van der Waals surface area (Å²) < 4.78 is 38.4. The Balaban J connectivity index is 1.76. The Morgan fingerprint density at radius 1 is 1.33 bits per heavy atom. The largest absolute Gasteiger partial charge is 0.417 e. The van der Waals surface area contributed by atoms with Crippen LogP contribution < -0.4 is 10.2 Å². The topological polar surface area (TPSA) is 45.2 Å². The molecule has 1 fully saturated rings. The summed E-state index contributed by atoms with van der Waals surface area (Å²) in [6.45, 7) is 2.39. The SMILES string of the molecule is C[C@H](NC(=O)[C@H]1CCCN1c1ncc(C(F)(F)F)cc1Cl)c1ccccc1. The van der Waals surface area contributed by atoms with Crippen molar-refractivity contribution in [2.24, 2.45) is 0 Å². The van der Waals surface area contributed by atoms with E-state index in [1.54, 1.807) is 4.90 Å². The predicted molar refractivity (Wildman–Crippen MR) is 97.6 cm³/mol. The molecule has 1 amide bonds. The van der Waals surface area contributed by atoms with Crippen LogP contribution in [-0.2, 0) is 11.0 Å². The van der Waals surface area contributed by atoms with Crippen LogP contribution in [0.15, 0.2) is 42.6 Å². The lowest BCUT2D eigenvalue weighted by molar-refractivity contribution is -0.137. The molecular weight excluding hydrogens is 379 g/mol. The first-order valence-electron chi connectivity index (χ1n) is 8.62. The number of hydrogen-bond acceptors (Lipinski definition) is 3. The molecule has 1 N–H and O–H groups in total. The highest BCUT2D eigenvalue weighted by Gasteiger charge is 2.36. The van der Waals surface area contributed by atoms with E-state index < -0.39 is 17.8 Å². The van der Waals surface area contributed by atoms with E-state index in [0.29, 0.717) is 13.0 Å². The summed E-state index contributed by atoms with van der Waals surface area (Å²) in [6, 6.07) is 9.68. The van der Waals surface area contributed by atoms with Crippen LogP contribution in [0.25, 0.3) is 0 Å². The molecule has 3 rings (SSSR count). The molecular formula is C19H19ClF3N3O. The van der Waals surface area contributed by atoms with Crippen LogP contribution in [-0.4, -0.2) is 23.5 Å². The second-order valence-electron chi connectivity index (χ2n) is 6.52. The normalized spacial score (nSPS) is 18.4. The average molecular weight is 398 g/mol. The van der Waals surface area contributed by atoms with Gasteiger partial charge in [0.25, 0.3) is 0 Å². The van der Waals surface area contributed by atoms with Crippen molar-refractivity contribution in [3.05, 3.63) is 58.7 Å². The van der Waals surface area contributed by atoms with Crippen molar-refractivity contribution >= 4 is 23.3 Å². The number of amides is 1. The van der Waals surface area contributed by atoms with Crippen molar-refractivity contribution in [1.29, 1.82) is 0 Å². The van der Waals surface area contributed by atoms with E-state index in [-0.39, 0.29) is 22.8 Å². The van der Waals surface area contributed by atoms with Crippen molar-refractivity contribution in [3.63, 3.8) is 0 Å². The van der Waals surface area contributed by atoms with Gasteiger partial charge in [0, 0.05) is 12.7 Å². The van der Waals surface area contributed by atoms with Crippen molar-refractivity contribution in [1.82, 2.24) is 10.3 Å². The van der Waals surface area contributed by atoms with Gasteiger partial charge in [0.1, 0.15) is 11.9 Å². The molecule has 1 aromatic heterocycles. The van der Waals surface area contributed by atoms with E-state index in [0.717, 1.165) is 24.2 Å². The molecule has 0 aliphatic carbocycles. The highest BCUT2D eigenvalue weighted by Crippen LogP contribution is 2.35. The van der Waals surface area contributed by atoms with E-state index in [1.165, 1.54) is 0 Å². The Bertz CT molecular complexity index is 814. The van der Waals surface area contributed by atoms with Gasteiger partial charge < -0.3 is 10.2 Å². The molecule has 0 spiro atoms. The summed E-state index contributed by atoms with van der Waals surface area (Å²) in [5.74, 6) is 0.0105. The fourth-order valence-corrected chi connectivity index (χ4v) is 3.50. The van der Waals surface area contributed by atoms with Crippen molar-refractivity contribution in [3.8, 4) is 0 Å². The molecule has 0 saturated carbocycles. The number of benzene rings is 1. The maximum atomic E-state index is 12.8. The molecule has 0 unspecified atom stereocenters. The number of aromatic nitrogens is 1. The summed E-state index contributed by atoms with van der Waals surface area (Å²) >= 11 is 6.05. The molecule has 2 atom stereocenters. The van der Waals surface area contributed by atoms with Crippen molar-refractivity contribution < 1.29 is 18.0 Å². The third-order valence-corrected chi connectivity index (χ3v) is 4.91. The minimum absolute atomic E-state index is 0.111. The zero-order valence-electron chi connectivity index (χ0n) is 14.6. The van der Waals surface area contributed by atoms with E-state index >= 15 is 0 Å². The number of nitrogens with zero attached hydrogens (tertiary/aromatic N) is 2. The Labute approximate surface area is 160 Å². The first kappa shape index (κ1) is 19.5. The number of rotatable bonds is 4. The van der Waals surface area contributed by atoms with Crippen molar-refractivity contribution in [2.45, 2.75) is 38.0 Å². The van der Waals surface area contributed by atoms with Gasteiger partial charge in [-0.15, -0.1) is 0 Å². The van der Waals surface area contributed by atoms with E-state index in [4.69, 9.17) is 11.6 Å². The van der Waals surface area contributed by atoms with Crippen molar-refractivity contribution in [2.75, 3.05) is 11.4 Å². The summed E-state index contributed by atoms with van der Waals surface area (Å²) in [5, 5.41) is 2.85. The number of nitrogens with one attached hydrogen (secondary N) is 1. The summed E-state index contributed by atoms with van der Waals surface area (Å²) in [4.78, 5) is 18.3. The quantitative estimate of drug-likeness (QED) is 0.820. The lowest BCUT2D eigenvalue weighted by Crippen LogP contribution is -2.44. The monoisotopic (exact) mass is 397 g/mol. The standard InChI is InChI=1S/C19H19ClF3N3O/c1-12(13-6-3-2-4-7-13)25-18(27)16-8-5-9-26(16)17-15(20)10-14(11-24-17)19(21,22)23/h2-4,6-7,10-12,16H,5,8-9H2,1H3,(H,25,27)/t12-,16+/m0/s1. The lowest BCUT2D eigenvalue weighted by atomic mass is 10.1. The van der Waals surface area contributed by atoms with Gasteiger partial charge in [0.15, 0.2) is 0 Å². The Hall–Kier alpha value is -2.28. The van der Waals surface area contributed by atoms with Gasteiger partial charge in [-0.3, -0.25) is 4.79 Å². The number of anilines is 1. The molecule has 1 aromatic carbocycles. The smallest absolute Gasteiger partial charge is 0.348 e. The maximum absolute atomic E-state index is 12.8. The lowest BCUT2D eigenvalue weighted by Gasteiger charge is -2.27. The number of carbonyl (C=O) groups excluding carboxylic acids is 1. The van der Waals surface area contributed by atoms with Gasteiger partial charge in [-0.2, -0.15) is 13.2 Å². The maximum Gasteiger partial charge on any atom is 0.417 e. The summed E-state index contributed by atoms with van der Waals surface area (Å²) in [5.41, 5.74) is 0.0650. The Morgan fingerprint density at radius 3 is 2.67 bits per heavy atom. The van der Waals surface area contributed by atoms with Crippen LogP contribution in [0.3, 0.4) is 0 Å². The molecule has 8 heteroatoms. The number of pyridine rings is 1. The van der Waals surface area contributed by atoms with Crippen LogP contribution in [0.1, 0.15) is 36.9 Å². The molecule has 27 heavy (non-hydrogen) atoms. The minimum Gasteiger partial charge on any atom is -0.348 e. The van der Waals surface area contributed by atoms with Crippen LogP contribution in [0.4, 0.5) is 19.0 Å². The second-order valence-corrected chi connectivity index (χ2v) is 6.93. The molecule has 4 nitrogen and oxygen atoms in total. The molecule has 1 saturated heterocycles. The van der Waals surface area contributed by atoms with Gasteiger partial charge in [0.2, 0.25) is 5.91 Å². The molecule has 2 heterocycles. The van der Waals surface area contributed by atoms with Gasteiger partial charge in [-0.25, -0.2) is 4.98 Å². The first-order chi connectivity index (χ1) is 12.8. The first-order valence-corrected chi connectivity index (χ1v) is 9.00. The average Bonchev–Trinajstić information content (AvgIpc) is 3.11. The van der Waals surface area contributed by atoms with Gasteiger partial charge >= 0.3 is 6.18 Å². The highest BCUT2D eigenvalue weighted by molar-refractivity contribution is 6.33. The number of hydrogen-bond donors (Lipinski definition) is 1. The van der Waals surface area contributed by atoms with Crippen LogP contribution in [0, 0.1) is 0 Å². The van der Waals surface area contributed by atoms with E-state index in [1.807, 2.05) is 37.3 Å².